The van der Waals surface area contributed by atoms with Crippen LogP contribution >= 0.6 is 0 Å². The Morgan fingerprint density at radius 1 is 1.21 bits per heavy atom. The van der Waals surface area contributed by atoms with Gasteiger partial charge in [0.25, 0.3) is 6.43 Å². The third-order valence-electron chi connectivity index (χ3n) is 1.45. The molecular formula is C7H5F5N2. The number of hydrogen-bond acceptors (Lipinski definition) is 2. The second-order valence-electron chi connectivity index (χ2n) is 2.47. The summed E-state index contributed by atoms with van der Waals surface area (Å²) in [7, 11) is 0. The molecule has 1 aromatic rings. The number of anilines is 1. The van der Waals surface area contributed by atoms with Crippen molar-refractivity contribution in [1.29, 1.82) is 0 Å². The van der Waals surface area contributed by atoms with Gasteiger partial charge in [-0.15, -0.1) is 0 Å². The fraction of sp³-hybridized carbons (Fsp3) is 0.286. The topological polar surface area (TPSA) is 38.9 Å². The number of halogens is 5. The van der Waals surface area contributed by atoms with Crippen LogP contribution in [0, 0.1) is 0 Å². The normalized spacial score (nSPS) is 12.1. The number of alkyl halides is 5. The summed E-state index contributed by atoms with van der Waals surface area (Å²) in [6.45, 7) is 0. The average Bonchev–Trinajstić information content (AvgIpc) is 2.02. The molecule has 0 amide bonds. The molecule has 2 nitrogen and oxygen atoms in total. The molecule has 0 unspecified atom stereocenters. The van der Waals surface area contributed by atoms with Crippen LogP contribution in [0.5, 0.6) is 0 Å². The molecule has 0 bridgehead atoms. The van der Waals surface area contributed by atoms with Crippen LogP contribution in [0.25, 0.3) is 0 Å². The maximum atomic E-state index is 12.1. The van der Waals surface area contributed by atoms with Crippen LogP contribution in [0.3, 0.4) is 0 Å². The third kappa shape index (κ3) is 2.09. The van der Waals surface area contributed by atoms with Crippen molar-refractivity contribution in [3.05, 3.63) is 23.5 Å². The van der Waals surface area contributed by atoms with Crippen LogP contribution in [0.4, 0.5) is 27.6 Å². The molecule has 0 aliphatic heterocycles. The zero-order chi connectivity index (χ0) is 10.9. The first-order valence-corrected chi connectivity index (χ1v) is 3.44. The fourth-order valence-electron chi connectivity index (χ4n) is 0.818. The second-order valence-corrected chi connectivity index (χ2v) is 2.47. The highest BCUT2D eigenvalue weighted by atomic mass is 19.4. The van der Waals surface area contributed by atoms with Crippen molar-refractivity contribution in [2.45, 2.75) is 12.6 Å². The number of aromatic nitrogens is 1. The molecule has 0 spiro atoms. The molecule has 7 heteroatoms. The van der Waals surface area contributed by atoms with Crippen molar-refractivity contribution in [2.24, 2.45) is 0 Å². The Bertz CT molecular complexity index is 333. The van der Waals surface area contributed by atoms with Crippen molar-refractivity contribution in [3.63, 3.8) is 0 Å². The summed E-state index contributed by atoms with van der Waals surface area (Å²) in [6, 6.07) is 1.32. The molecule has 14 heavy (non-hydrogen) atoms. The summed E-state index contributed by atoms with van der Waals surface area (Å²) in [6.07, 6.45) is -7.85. The largest absolute Gasteiger partial charge is 0.433 e. The van der Waals surface area contributed by atoms with Gasteiger partial charge in [0, 0.05) is 0 Å². The van der Waals surface area contributed by atoms with Crippen molar-refractivity contribution < 1.29 is 22.0 Å². The van der Waals surface area contributed by atoms with Gasteiger partial charge in [0.2, 0.25) is 0 Å². The lowest BCUT2D eigenvalue weighted by Gasteiger charge is -2.08. The number of nitrogens with two attached hydrogens (primary N) is 1. The maximum absolute atomic E-state index is 12.1. The van der Waals surface area contributed by atoms with Gasteiger partial charge in [-0.2, -0.15) is 13.2 Å². The predicted molar refractivity (Wildman–Crippen MR) is 38.6 cm³/mol. The first-order chi connectivity index (χ1) is 6.32. The van der Waals surface area contributed by atoms with Gasteiger partial charge in [0.1, 0.15) is 11.4 Å². The molecule has 0 fully saturated rings. The molecule has 78 valence electrons. The zero-order valence-corrected chi connectivity index (χ0v) is 6.65. The number of pyridine rings is 1. The molecule has 0 atom stereocenters. The summed E-state index contributed by atoms with van der Waals surface area (Å²) in [5.41, 5.74) is 2.16. The van der Waals surface area contributed by atoms with E-state index in [1.165, 1.54) is 0 Å². The van der Waals surface area contributed by atoms with E-state index >= 15 is 0 Å². The Balaban J connectivity index is 3.20. The summed E-state index contributed by atoms with van der Waals surface area (Å²) in [5.74, 6) is 0. The van der Waals surface area contributed by atoms with Crippen LogP contribution in [-0.4, -0.2) is 4.98 Å². The molecule has 0 saturated carbocycles. The van der Waals surface area contributed by atoms with E-state index in [1.54, 1.807) is 0 Å². The standard InChI is InChI=1S/C7H5F5N2/c8-6(9)5-3(13)1-2-4(14-5)7(10,11)12/h1-2,6H,13H2. The third-order valence-corrected chi connectivity index (χ3v) is 1.45. The van der Waals surface area contributed by atoms with Gasteiger partial charge in [-0.1, -0.05) is 0 Å². The van der Waals surface area contributed by atoms with E-state index in [4.69, 9.17) is 5.73 Å². The predicted octanol–water partition coefficient (Wildman–Crippen LogP) is 2.62. The van der Waals surface area contributed by atoms with Gasteiger partial charge >= 0.3 is 6.18 Å². The molecule has 0 radical (unpaired) electrons. The number of nitrogens with zero attached hydrogens (tertiary/aromatic N) is 1. The summed E-state index contributed by atoms with van der Waals surface area (Å²) < 4.78 is 60.2. The molecule has 0 saturated heterocycles. The highest BCUT2D eigenvalue weighted by Gasteiger charge is 2.33. The van der Waals surface area contributed by atoms with E-state index in [-0.39, 0.29) is 0 Å². The van der Waals surface area contributed by atoms with Gasteiger partial charge in [-0.25, -0.2) is 13.8 Å². The smallest absolute Gasteiger partial charge is 0.397 e. The highest BCUT2D eigenvalue weighted by Crippen LogP contribution is 2.31. The van der Waals surface area contributed by atoms with Crippen molar-refractivity contribution in [1.82, 2.24) is 4.98 Å². The molecule has 0 aromatic carbocycles. The maximum Gasteiger partial charge on any atom is 0.433 e. The van der Waals surface area contributed by atoms with Crippen LogP contribution < -0.4 is 5.73 Å². The van der Waals surface area contributed by atoms with Crippen LogP contribution in [0.15, 0.2) is 12.1 Å². The van der Waals surface area contributed by atoms with Gasteiger partial charge < -0.3 is 5.73 Å². The Morgan fingerprint density at radius 3 is 2.21 bits per heavy atom. The molecular weight excluding hydrogens is 207 g/mol. The first kappa shape index (κ1) is 10.7. The lowest BCUT2D eigenvalue weighted by molar-refractivity contribution is -0.141. The number of nitrogen functional groups attached to an aromatic ring is 1. The van der Waals surface area contributed by atoms with Crippen molar-refractivity contribution in [2.75, 3.05) is 5.73 Å². The zero-order valence-electron chi connectivity index (χ0n) is 6.65. The van der Waals surface area contributed by atoms with E-state index in [0.717, 1.165) is 6.07 Å². The van der Waals surface area contributed by atoms with Crippen LogP contribution in [-0.2, 0) is 6.18 Å². The van der Waals surface area contributed by atoms with E-state index in [9.17, 15) is 22.0 Å². The SMILES string of the molecule is Nc1ccc(C(F)(F)F)nc1C(F)F. The van der Waals surface area contributed by atoms with E-state index in [0.29, 0.717) is 6.07 Å². The fourth-order valence-corrected chi connectivity index (χ4v) is 0.818. The van der Waals surface area contributed by atoms with Crippen LogP contribution in [0.1, 0.15) is 17.8 Å². The Kier molecular flexibility index (Phi) is 2.59. The highest BCUT2D eigenvalue weighted by molar-refractivity contribution is 5.44. The first-order valence-electron chi connectivity index (χ1n) is 3.44. The Morgan fingerprint density at radius 2 is 1.79 bits per heavy atom. The molecule has 1 aromatic heterocycles. The van der Waals surface area contributed by atoms with Crippen molar-refractivity contribution in [3.8, 4) is 0 Å². The minimum Gasteiger partial charge on any atom is -0.397 e. The second kappa shape index (κ2) is 3.39. The van der Waals surface area contributed by atoms with Gasteiger partial charge in [0.05, 0.1) is 5.69 Å². The summed E-state index contributed by atoms with van der Waals surface area (Å²) in [5, 5.41) is 0. The lowest BCUT2D eigenvalue weighted by atomic mass is 10.2. The quantitative estimate of drug-likeness (QED) is 0.726. The van der Waals surface area contributed by atoms with Crippen molar-refractivity contribution >= 4 is 5.69 Å². The lowest BCUT2D eigenvalue weighted by Crippen LogP contribution is -2.11. The molecule has 0 aliphatic carbocycles. The van der Waals surface area contributed by atoms with Gasteiger partial charge in [-0.3, -0.25) is 0 Å². The van der Waals surface area contributed by atoms with Crippen LogP contribution in [0.2, 0.25) is 0 Å². The minimum absolute atomic E-state index is 0.451. The number of hydrogen-bond donors (Lipinski definition) is 1. The Labute approximate surface area is 75.5 Å². The Hall–Kier alpha value is -1.40. The minimum atomic E-state index is -4.74. The summed E-state index contributed by atoms with van der Waals surface area (Å²) >= 11 is 0. The van der Waals surface area contributed by atoms with E-state index < -0.39 is 29.7 Å². The summed E-state index contributed by atoms with van der Waals surface area (Å²) in [4.78, 5) is 2.74. The van der Waals surface area contributed by atoms with Gasteiger partial charge in [-0.05, 0) is 12.1 Å². The average molecular weight is 212 g/mol. The van der Waals surface area contributed by atoms with Gasteiger partial charge in [0.15, 0.2) is 0 Å². The molecule has 0 aliphatic rings. The number of rotatable bonds is 1. The molecule has 1 rings (SSSR count). The van der Waals surface area contributed by atoms with E-state index in [1.807, 2.05) is 0 Å². The monoisotopic (exact) mass is 212 g/mol. The molecule has 2 N–H and O–H groups in total. The van der Waals surface area contributed by atoms with E-state index in [2.05, 4.69) is 4.98 Å². The molecule has 1 heterocycles.